The minimum absolute atomic E-state index is 0.125. The lowest BCUT2D eigenvalue weighted by atomic mass is 10.1. The van der Waals surface area contributed by atoms with Crippen LogP contribution < -0.4 is 0 Å². The van der Waals surface area contributed by atoms with E-state index in [9.17, 15) is 4.79 Å². The van der Waals surface area contributed by atoms with Crippen molar-refractivity contribution < 1.29 is 9.53 Å². The molecular formula is C7H14O2. The van der Waals surface area contributed by atoms with Crippen molar-refractivity contribution in [1.82, 2.24) is 0 Å². The van der Waals surface area contributed by atoms with Crippen molar-refractivity contribution in [2.45, 2.75) is 26.4 Å². The minimum atomic E-state index is 0.125. The SMILES string of the molecule is CO[C@H](C)C[C@@H](C)C=O. The van der Waals surface area contributed by atoms with Crippen LogP contribution in [0.2, 0.25) is 0 Å². The van der Waals surface area contributed by atoms with Crippen molar-refractivity contribution in [3.8, 4) is 0 Å². The third-order valence-electron chi connectivity index (χ3n) is 1.34. The topological polar surface area (TPSA) is 26.3 Å². The van der Waals surface area contributed by atoms with Gasteiger partial charge >= 0.3 is 0 Å². The molecule has 2 atom stereocenters. The number of carbonyl (C=O) groups is 1. The normalized spacial score (nSPS) is 16.8. The van der Waals surface area contributed by atoms with Gasteiger partial charge in [0.15, 0.2) is 0 Å². The van der Waals surface area contributed by atoms with Gasteiger partial charge in [-0.2, -0.15) is 0 Å². The molecule has 2 nitrogen and oxygen atoms in total. The average Bonchev–Trinajstić information content (AvgIpc) is 1.87. The summed E-state index contributed by atoms with van der Waals surface area (Å²) in [6.45, 7) is 3.85. The van der Waals surface area contributed by atoms with Gasteiger partial charge in [-0.15, -0.1) is 0 Å². The van der Waals surface area contributed by atoms with Gasteiger partial charge in [-0.3, -0.25) is 0 Å². The van der Waals surface area contributed by atoms with E-state index >= 15 is 0 Å². The van der Waals surface area contributed by atoms with E-state index in [-0.39, 0.29) is 12.0 Å². The van der Waals surface area contributed by atoms with Crippen molar-refractivity contribution in [2.24, 2.45) is 5.92 Å². The van der Waals surface area contributed by atoms with Crippen LogP contribution in [0.1, 0.15) is 20.3 Å². The van der Waals surface area contributed by atoms with Gasteiger partial charge in [-0.1, -0.05) is 6.92 Å². The molecule has 0 rings (SSSR count). The smallest absolute Gasteiger partial charge is 0.122 e. The van der Waals surface area contributed by atoms with Gasteiger partial charge in [0.25, 0.3) is 0 Å². The zero-order chi connectivity index (χ0) is 7.28. The highest BCUT2D eigenvalue weighted by atomic mass is 16.5. The van der Waals surface area contributed by atoms with Crippen LogP contribution in [0.4, 0.5) is 0 Å². The Morgan fingerprint density at radius 2 is 2.11 bits per heavy atom. The summed E-state index contributed by atoms with van der Waals surface area (Å²) in [4.78, 5) is 10.1. The first-order valence-corrected chi connectivity index (χ1v) is 3.18. The highest BCUT2D eigenvalue weighted by Gasteiger charge is 2.04. The molecule has 54 valence electrons. The van der Waals surface area contributed by atoms with Gasteiger partial charge in [-0.25, -0.2) is 0 Å². The molecule has 0 aliphatic carbocycles. The third-order valence-corrected chi connectivity index (χ3v) is 1.34. The molecule has 0 bridgehead atoms. The maximum atomic E-state index is 10.1. The second kappa shape index (κ2) is 4.50. The molecule has 0 saturated carbocycles. The predicted molar refractivity (Wildman–Crippen MR) is 36.3 cm³/mol. The van der Waals surface area contributed by atoms with Crippen LogP contribution in [-0.2, 0) is 9.53 Å². The minimum Gasteiger partial charge on any atom is -0.382 e. The molecule has 0 aliphatic heterocycles. The van der Waals surface area contributed by atoms with Crippen molar-refractivity contribution in [2.75, 3.05) is 7.11 Å². The van der Waals surface area contributed by atoms with Gasteiger partial charge in [0.1, 0.15) is 6.29 Å². The summed E-state index contributed by atoms with van der Waals surface area (Å²) in [5.41, 5.74) is 0. The Kier molecular flexibility index (Phi) is 4.32. The quantitative estimate of drug-likeness (QED) is 0.535. The molecule has 0 saturated heterocycles. The largest absolute Gasteiger partial charge is 0.382 e. The van der Waals surface area contributed by atoms with E-state index in [1.54, 1.807) is 7.11 Å². The first-order chi connectivity index (χ1) is 4.20. The third kappa shape index (κ3) is 4.15. The molecule has 0 spiro atoms. The van der Waals surface area contributed by atoms with Crippen LogP contribution in [0.25, 0.3) is 0 Å². The lowest BCUT2D eigenvalue weighted by molar-refractivity contribution is -0.111. The maximum Gasteiger partial charge on any atom is 0.122 e. The Bertz CT molecular complexity index is 81.0. The molecule has 0 aromatic carbocycles. The van der Waals surface area contributed by atoms with Gasteiger partial charge in [-0.05, 0) is 13.3 Å². The summed E-state index contributed by atoms with van der Waals surface area (Å²) in [5.74, 6) is 0.125. The molecule has 0 amide bonds. The first-order valence-electron chi connectivity index (χ1n) is 3.18. The molecule has 2 heteroatoms. The number of hydrogen-bond donors (Lipinski definition) is 0. The van der Waals surface area contributed by atoms with Crippen LogP contribution in [0.3, 0.4) is 0 Å². The van der Waals surface area contributed by atoms with E-state index in [0.717, 1.165) is 12.7 Å². The first kappa shape index (κ1) is 8.63. The highest BCUT2D eigenvalue weighted by molar-refractivity contribution is 5.52. The lowest BCUT2D eigenvalue weighted by Gasteiger charge is -2.09. The van der Waals surface area contributed by atoms with Crippen LogP contribution in [0.5, 0.6) is 0 Å². The monoisotopic (exact) mass is 130 g/mol. The van der Waals surface area contributed by atoms with E-state index in [1.165, 1.54) is 0 Å². The van der Waals surface area contributed by atoms with Crippen molar-refractivity contribution in [3.63, 3.8) is 0 Å². The molecule has 0 aromatic heterocycles. The van der Waals surface area contributed by atoms with Crippen molar-refractivity contribution in [3.05, 3.63) is 0 Å². The zero-order valence-electron chi connectivity index (χ0n) is 6.26. The molecule has 0 aliphatic rings. The fraction of sp³-hybridized carbons (Fsp3) is 0.857. The highest BCUT2D eigenvalue weighted by Crippen LogP contribution is 2.04. The molecule has 0 fully saturated rings. The summed E-state index contributed by atoms with van der Waals surface area (Å²) in [6, 6.07) is 0. The Hall–Kier alpha value is -0.370. The van der Waals surface area contributed by atoms with Crippen LogP contribution in [0.15, 0.2) is 0 Å². The van der Waals surface area contributed by atoms with E-state index in [2.05, 4.69) is 0 Å². The number of hydrogen-bond acceptors (Lipinski definition) is 2. The Morgan fingerprint density at radius 1 is 1.56 bits per heavy atom. The summed E-state index contributed by atoms with van der Waals surface area (Å²) in [5, 5.41) is 0. The van der Waals surface area contributed by atoms with E-state index < -0.39 is 0 Å². The van der Waals surface area contributed by atoms with E-state index in [0.29, 0.717) is 0 Å². The maximum absolute atomic E-state index is 10.1. The average molecular weight is 130 g/mol. The Morgan fingerprint density at radius 3 is 2.44 bits per heavy atom. The summed E-state index contributed by atoms with van der Waals surface area (Å²) in [6.07, 6.45) is 1.97. The fourth-order valence-corrected chi connectivity index (χ4v) is 0.675. The molecule has 0 heterocycles. The number of carbonyl (C=O) groups excluding carboxylic acids is 1. The molecule has 9 heavy (non-hydrogen) atoms. The standard InChI is InChI=1S/C7H14O2/c1-6(5-8)4-7(2)9-3/h5-7H,4H2,1-3H3/t6-,7-/m1/s1. The van der Waals surface area contributed by atoms with Crippen molar-refractivity contribution in [1.29, 1.82) is 0 Å². The summed E-state index contributed by atoms with van der Waals surface area (Å²) >= 11 is 0. The summed E-state index contributed by atoms with van der Waals surface area (Å²) < 4.78 is 4.96. The van der Waals surface area contributed by atoms with E-state index in [1.807, 2.05) is 13.8 Å². The summed E-state index contributed by atoms with van der Waals surface area (Å²) in [7, 11) is 1.65. The molecular weight excluding hydrogens is 116 g/mol. The van der Waals surface area contributed by atoms with Crippen LogP contribution in [0, 0.1) is 5.92 Å². The number of rotatable bonds is 4. The van der Waals surface area contributed by atoms with Gasteiger partial charge < -0.3 is 9.53 Å². The van der Waals surface area contributed by atoms with Crippen LogP contribution >= 0.6 is 0 Å². The van der Waals surface area contributed by atoms with Gasteiger partial charge in [0.2, 0.25) is 0 Å². The molecule has 0 aromatic rings. The molecule has 0 unspecified atom stereocenters. The number of ether oxygens (including phenoxy) is 1. The second-order valence-corrected chi connectivity index (χ2v) is 2.40. The lowest BCUT2D eigenvalue weighted by Crippen LogP contribution is -2.10. The van der Waals surface area contributed by atoms with Crippen LogP contribution in [-0.4, -0.2) is 19.5 Å². The van der Waals surface area contributed by atoms with E-state index in [4.69, 9.17) is 4.74 Å². The fourth-order valence-electron chi connectivity index (χ4n) is 0.675. The molecule has 0 N–H and O–H groups in total. The van der Waals surface area contributed by atoms with Crippen molar-refractivity contribution >= 4 is 6.29 Å². The number of methoxy groups -OCH3 is 1. The Labute approximate surface area is 56.2 Å². The van der Waals surface area contributed by atoms with Gasteiger partial charge in [0, 0.05) is 13.0 Å². The Balaban J connectivity index is 3.33. The number of aldehydes is 1. The predicted octanol–water partition coefficient (Wildman–Crippen LogP) is 1.25. The van der Waals surface area contributed by atoms with Gasteiger partial charge in [0.05, 0.1) is 6.10 Å². The zero-order valence-corrected chi connectivity index (χ0v) is 6.26. The molecule has 0 radical (unpaired) electrons. The second-order valence-electron chi connectivity index (χ2n) is 2.40.